The maximum absolute atomic E-state index is 12.4. The minimum Gasteiger partial charge on any atom is -0.326 e. The van der Waals surface area contributed by atoms with Crippen LogP contribution in [0.3, 0.4) is 0 Å². The number of aromatic nitrogens is 2. The van der Waals surface area contributed by atoms with Gasteiger partial charge in [0.15, 0.2) is 0 Å². The highest BCUT2D eigenvalue weighted by atomic mass is 35.5. The van der Waals surface area contributed by atoms with Crippen molar-refractivity contribution in [3.63, 3.8) is 0 Å². The van der Waals surface area contributed by atoms with Crippen molar-refractivity contribution in [3.05, 3.63) is 65.4 Å². The summed E-state index contributed by atoms with van der Waals surface area (Å²) in [4.78, 5) is 12.3. The fraction of sp³-hybridized carbons (Fsp3) is 0.238. The van der Waals surface area contributed by atoms with Crippen molar-refractivity contribution in [1.82, 2.24) is 9.78 Å². The lowest BCUT2D eigenvalue weighted by Gasteiger charge is -2.18. The molecule has 0 saturated carbocycles. The molecular formula is C21H23ClN4O3S. The first-order chi connectivity index (χ1) is 13.9. The van der Waals surface area contributed by atoms with E-state index in [9.17, 15) is 13.2 Å². The van der Waals surface area contributed by atoms with E-state index >= 15 is 0 Å². The van der Waals surface area contributed by atoms with Crippen molar-refractivity contribution in [2.75, 3.05) is 5.32 Å². The molecule has 30 heavy (non-hydrogen) atoms. The van der Waals surface area contributed by atoms with Crippen LogP contribution >= 0.6 is 11.6 Å². The van der Waals surface area contributed by atoms with Gasteiger partial charge in [0.1, 0.15) is 0 Å². The molecule has 0 saturated heterocycles. The first-order valence-electron chi connectivity index (χ1n) is 9.21. The van der Waals surface area contributed by atoms with Crippen molar-refractivity contribution in [2.24, 2.45) is 5.14 Å². The number of hydrogen-bond acceptors (Lipinski definition) is 4. The number of carbonyl (C=O) groups excluding carboxylic acids is 1. The average molecular weight is 447 g/mol. The van der Waals surface area contributed by atoms with Crippen molar-refractivity contribution < 1.29 is 13.2 Å². The van der Waals surface area contributed by atoms with E-state index in [1.54, 1.807) is 53.5 Å². The quantitative estimate of drug-likeness (QED) is 0.621. The first-order valence-corrected chi connectivity index (χ1v) is 11.1. The van der Waals surface area contributed by atoms with E-state index in [2.05, 4.69) is 10.4 Å². The molecular weight excluding hydrogens is 424 g/mol. The van der Waals surface area contributed by atoms with Crippen LogP contribution in [-0.4, -0.2) is 24.1 Å². The van der Waals surface area contributed by atoms with Crippen molar-refractivity contribution in [3.8, 4) is 11.1 Å². The standard InChI is InChI=1S/C21H23ClN4O3S/c1-21(2,3)26-13-15(12-24-26)17-9-8-16(11-19(17)30(23,28)29)25-20(27)10-14-6-4-5-7-18(14)22/h4-9,11-13H,10H2,1-3H3,(H,25,27)(H2,23,28,29). The summed E-state index contributed by atoms with van der Waals surface area (Å²) in [6, 6.07) is 11.6. The van der Waals surface area contributed by atoms with Gasteiger partial charge in [-0.15, -0.1) is 0 Å². The minimum atomic E-state index is -4.04. The topological polar surface area (TPSA) is 107 Å². The summed E-state index contributed by atoms with van der Waals surface area (Å²) in [5.41, 5.74) is 1.77. The second-order valence-electron chi connectivity index (χ2n) is 7.92. The number of nitrogens with zero attached hydrogens (tertiary/aromatic N) is 2. The van der Waals surface area contributed by atoms with Crippen molar-refractivity contribution in [2.45, 2.75) is 37.6 Å². The molecule has 1 aromatic heterocycles. The van der Waals surface area contributed by atoms with E-state index in [0.717, 1.165) is 0 Å². The molecule has 0 bridgehead atoms. The SMILES string of the molecule is CC(C)(C)n1cc(-c2ccc(NC(=O)Cc3ccccc3Cl)cc2S(N)(=O)=O)cn1. The molecule has 0 aliphatic heterocycles. The minimum absolute atomic E-state index is 0.0600. The number of anilines is 1. The number of hydrogen-bond donors (Lipinski definition) is 2. The number of halogens is 1. The van der Waals surface area contributed by atoms with Crippen molar-refractivity contribution >= 4 is 33.2 Å². The molecule has 158 valence electrons. The normalized spacial score (nSPS) is 12.0. The molecule has 0 unspecified atom stereocenters. The maximum atomic E-state index is 12.4. The summed E-state index contributed by atoms with van der Waals surface area (Å²) in [5.74, 6) is -0.322. The Morgan fingerprint density at radius 1 is 1.20 bits per heavy atom. The molecule has 0 aliphatic carbocycles. The Labute approximate surface area is 180 Å². The van der Waals surface area contributed by atoms with Gasteiger partial charge in [-0.05, 0) is 44.5 Å². The molecule has 7 nitrogen and oxygen atoms in total. The Morgan fingerprint density at radius 2 is 1.90 bits per heavy atom. The summed E-state index contributed by atoms with van der Waals surface area (Å²) < 4.78 is 26.2. The third kappa shape index (κ3) is 5.08. The van der Waals surface area contributed by atoms with Gasteiger partial charge in [-0.3, -0.25) is 9.48 Å². The van der Waals surface area contributed by atoms with Crippen LogP contribution in [0, 0.1) is 0 Å². The molecule has 2 aromatic carbocycles. The fourth-order valence-electron chi connectivity index (χ4n) is 2.92. The Kier molecular flexibility index (Phi) is 6.03. The van der Waals surface area contributed by atoms with E-state index in [0.29, 0.717) is 27.4 Å². The lowest BCUT2D eigenvalue weighted by molar-refractivity contribution is -0.115. The highest BCUT2D eigenvalue weighted by Crippen LogP contribution is 2.30. The molecule has 3 aromatic rings. The molecule has 1 heterocycles. The number of nitrogens with one attached hydrogen (secondary N) is 1. The summed E-state index contributed by atoms with van der Waals surface area (Å²) in [6.45, 7) is 5.96. The Hall–Kier alpha value is -2.68. The van der Waals surface area contributed by atoms with Gasteiger partial charge in [0.2, 0.25) is 15.9 Å². The summed E-state index contributed by atoms with van der Waals surface area (Å²) >= 11 is 6.10. The van der Waals surface area contributed by atoms with Crippen LogP contribution in [0.1, 0.15) is 26.3 Å². The molecule has 0 spiro atoms. The largest absolute Gasteiger partial charge is 0.326 e. The molecule has 1 amide bonds. The number of primary sulfonamides is 1. The van der Waals surface area contributed by atoms with Gasteiger partial charge in [-0.25, -0.2) is 13.6 Å². The zero-order valence-corrected chi connectivity index (χ0v) is 18.5. The predicted octanol–water partition coefficient (Wildman–Crippen LogP) is 3.79. The number of rotatable bonds is 5. The van der Waals surface area contributed by atoms with Gasteiger partial charge in [0.05, 0.1) is 23.1 Å². The van der Waals surface area contributed by atoms with Gasteiger partial charge in [-0.1, -0.05) is 35.9 Å². The van der Waals surface area contributed by atoms with Gasteiger partial charge in [0.25, 0.3) is 0 Å². The van der Waals surface area contributed by atoms with Crippen LogP contribution < -0.4 is 10.5 Å². The number of amides is 1. The Balaban J connectivity index is 1.91. The number of nitrogens with two attached hydrogens (primary N) is 1. The fourth-order valence-corrected chi connectivity index (χ4v) is 3.91. The summed E-state index contributed by atoms with van der Waals surface area (Å²) in [6.07, 6.45) is 3.41. The lowest BCUT2D eigenvalue weighted by atomic mass is 10.1. The first kappa shape index (κ1) is 22.0. The van der Waals surface area contributed by atoms with Crippen LogP contribution in [0.5, 0.6) is 0 Å². The highest BCUT2D eigenvalue weighted by molar-refractivity contribution is 7.89. The lowest BCUT2D eigenvalue weighted by Crippen LogP contribution is -2.21. The van der Waals surface area contributed by atoms with E-state index in [-0.39, 0.29) is 22.8 Å². The van der Waals surface area contributed by atoms with Gasteiger partial charge < -0.3 is 5.32 Å². The maximum Gasteiger partial charge on any atom is 0.238 e. The van der Waals surface area contributed by atoms with Crippen molar-refractivity contribution in [1.29, 1.82) is 0 Å². The Bertz CT molecular complexity index is 1200. The number of carbonyl (C=O) groups is 1. The smallest absolute Gasteiger partial charge is 0.238 e. The van der Waals surface area contributed by atoms with Crippen LogP contribution in [0.4, 0.5) is 5.69 Å². The van der Waals surface area contributed by atoms with Crippen LogP contribution in [-0.2, 0) is 26.8 Å². The summed E-state index contributed by atoms with van der Waals surface area (Å²) in [5, 5.41) is 12.9. The monoisotopic (exact) mass is 446 g/mol. The van der Waals surface area contributed by atoms with E-state index in [1.807, 2.05) is 20.8 Å². The molecule has 9 heteroatoms. The van der Waals surface area contributed by atoms with E-state index in [4.69, 9.17) is 16.7 Å². The van der Waals surface area contributed by atoms with E-state index in [1.165, 1.54) is 6.07 Å². The van der Waals surface area contributed by atoms with Gasteiger partial charge in [0, 0.05) is 28.0 Å². The van der Waals surface area contributed by atoms with Crippen LogP contribution in [0.2, 0.25) is 5.02 Å². The zero-order valence-electron chi connectivity index (χ0n) is 16.9. The second kappa shape index (κ2) is 8.22. The number of sulfonamides is 1. The summed E-state index contributed by atoms with van der Waals surface area (Å²) in [7, 11) is -4.04. The molecule has 3 N–H and O–H groups in total. The van der Waals surface area contributed by atoms with Crippen LogP contribution in [0.25, 0.3) is 11.1 Å². The number of benzene rings is 2. The van der Waals surface area contributed by atoms with Gasteiger partial charge >= 0.3 is 0 Å². The highest BCUT2D eigenvalue weighted by Gasteiger charge is 2.20. The third-order valence-corrected chi connectivity index (χ3v) is 5.78. The van der Waals surface area contributed by atoms with E-state index < -0.39 is 10.0 Å². The molecule has 0 fully saturated rings. The zero-order chi connectivity index (χ0) is 22.1. The molecule has 0 aliphatic rings. The second-order valence-corrected chi connectivity index (χ2v) is 9.85. The molecule has 0 atom stereocenters. The Morgan fingerprint density at radius 3 is 2.50 bits per heavy atom. The third-order valence-electron chi connectivity index (χ3n) is 4.46. The average Bonchev–Trinajstić information content (AvgIpc) is 3.13. The molecule has 0 radical (unpaired) electrons. The van der Waals surface area contributed by atoms with Crippen LogP contribution in [0.15, 0.2) is 59.8 Å². The van der Waals surface area contributed by atoms with Gasteiger partial charge in [-0.2, -0.15) is 5.10 Å². The predicted molar refractivity (Wildman–Crippen MR) is 118 cm³/mol. The molecule has 3 rings (SSSR count).